The van der Waals surface area contributed by atoms with Gasteiger partial charge in [-0.25, -0.2) is 0 Å². The van der Waals surface area contributed by atoms with Gasteiger partial charge in [-0.05, 0) is 54.3 Å². The monoisotopic (exact) mass is 394 g/mol. The standard InChI is InChI=1S/C24H30N2O3/c1-5-29-21-12-8-19(9-13-21)23(28)26-16-14-25(15-17-26)22(27)18-6-10-20(11-7-18)24(2,3)4/h6-13H,5,14-17H2,1-4H3. The summed E-state index contributed by atoms with van der Waals surface area (Å²) in [5, 5.41) is 0. The zero-order valence-electron chi connectivity index (χ0n) is 17.8. The van der Waals surface area contributed by atoms with Crippen molar-refractivity contribution >= 4 is 11.8 Å². The number of rotatable bonds is 4. The molecule has 0 saturated carbocycles. The van der Waals surface area contributed by atoms with E-state index in [0.717, 1.165) is 5.75 Å². The Balaban J connectivity index is 1.58. The lowest BCUT2D eigenvalue weighted by molar-refractivity contribution is 0.0535. The van der Waals surface area contributed by atoms with Gasteiger partial charge in [-0.15, -0.1) is 0 Å². The molecule has 1 aliphatic heterocycles. The van der Waals surface area contributed by atoms with Gasteiger partial charge in [0.05, 0.1) is 6.61 Å². The van der Waals surface area contributed by atoms with Gasteiger partial charge in [-0.2, -0.15) is 0 Å². The quantitative estimate of drug-likeness (QED) is 0.788. The van der Waals surface area contributed by atoms with Crippen LogP contribution >= 0.6 is 0 Å². The largest absolute Gasteiger partial charge is 0.494 e. The highest BCUT2D eigenvalue weighted by Crippen LogP contribution is 2.23. The summed E-state index contributed by atoms with van der Waals surface area (Å²) in [4.78, 5) is 29.2. The van der Waals surface area contributed by atoms with Crippen LogP contribution in [0.4, 0.5) is 0 Å². The highest BCUT2D eigenvalue weighted by atomic mass is 16.5. The zero-order valence-corrected chi connectivity index (χ0v) is 17.8. The molecular weight excluding hydrogens is 364 g/mol. The molecule has 1 saturated heterocycles. The van der Waals surface area contributed by atoms with Gasteiger partial charge in [0.1, 0.15) is 5.75 Å². The van der Waals surface area contributed by atoms with E-state index < -0.39 is 0 Å². The van der Waals surface area contributed by atoms with Gasteiger partial charge >= 0.3 is 0 Å². The van der Waals surface area contributed by atoms with Crippen LogP contribution in [0, 0.1) is 0 Å². The van der Waals surface area contributed by atoms with Crippen LogP contribution in [0.1, 0.15) is 54.0 Å². The molecule has 1 fully saturated rings. The molecule has 0 radical (unpaired) electrons. The number of amides is 2. The summed E-state index contributed by atoms with van der Waals surface area (Å²) in [6.45, 7) is 11.2. The minimum atomic E-state index is -0.00493. The minimum absolute atomic E-state index is 0.00493. The molecule has 2 amide bonds. The Morgan fingerprint density at radius 2 is 1.21 bits per heavy atom. The van der Waals surface area contributed by atoms with Crippen molar-refractivity contribution in [2.24, 2.45) is 0 Å². The molecule has 1 heterocycles. The fourth-order valence-electron chi connectivity index (χ4n) is 3.45. The van der Waals surface area contributed by atoms with Crippen LogP contribution in [-0.2, 0) is 5.41 Å². The van der Waals surface area contributed by atoms with Crippen LogP contribution in [0.2, 0.25) is 0 Å². The van der Waals surface area contributed by atoms with Crippen LogP contribution in [-0.4, -0.2) is 54.4 Å². The maximum atomic E-state index is 12.8. The maximum Gasteiger partial charge on any atom is 0.253 e. The molecule has 3 rings (SSSR count). The Labute approximate surface area is 173 Å². The molecule has 2 aromatic rings. The normalized spacial score (nSPS) is 14.6. The zero-order chi connectivity index (χ0) is 21.0. The number of carbonyl (C=O) groups excluding carboxylic acids is 2. The third-order valence-electron chi connectivity index (χ3n) is 5.26. The molecule has 2 aromatic carbocycles. The van der Waals surface area contributed by atoms with Gasteiger partial charge in [0.15, 0.2) is 0 Å². The Morgan fingerprint density at radius 1 is 0.793 bits per heavy atom. The Morgan fingerprint density at radius 3 is 1.59 bits per heavy atom. The molecule has 5 heteroatoms. The fraction of sp³-hybridized carbons (Fsp3) is 0.417. The van der Waals surface area contributed by atoms with E-state index >= 15 is 0 Å². The van der Waals surface area contributed by atoms with Crippen molar-refractivity contribution in [2.75, 3.05) is 32.8 Å². The number of nitrogens with zero attached hydrogens (tertiary/aromatic N) is 2. The third-order valence-corrected chi connectivity index (χ3v) is 5.26. The number of ether oxygens (including phenoxy) is 1. The van der Waals surface area contributed by atoms with Crippen molar-refractivity contribution in [1.82, 2.24) is 9.80 Å². The summed E-state index contributed by atoms with van der Waals surface area (Å²) < 4.78 is 5.43. The lowest BCUT2D eigenvalue weighted by atomic mass is 9.86. The number of benzene rings is 2. The van der Waals surface area contributed by atoms with Crippen molar-refractivity contribution in [3.05, 3.63) is 65.2 Å². The first kappa shape index (κ1) is 20.9. The van der Waals surface area contributed by atoms with Crippen LogP contribution in [0.15, 0.2) is 48.5 Å². The third kappa shape index (κ3) is 4.97. The van der Waals surface area contributed by atoms with Gasteiger partial charge in [0, 0.05) is 37.3 Å². The van der Waals surface area contributed by atoms with E-state index in [1.54, 1.807) is 12.1 Å². The van der Waals surface area contributed by atoms with E-state index in [4.69, 9.17) is 4.74 Å². The predicted molar refractivity (Wildman–Crippen MR) is 115 cm³/mol. The highest BCUT2D eigenvalue weighted by molar-refractivity contribution is 5.96. The topological polar surface area (TPSA) is 49.9 Å². The van der Waals surface area contributed by atoms with Crippen molar-refractivity contribution in [2.45, 2.75) is 33.1 Å². The van der Waals surface area contributed by atoms with Crippen LogP contribution in [0.25, 0.3) is 0 Å². The molecule has 0 atom stereocenters. The molecular formula is C24H30N2O3. The number of hydrogen-bond donors (Lipinski definition) is 0. The molecule has 1 aliphatic rings. The first-order valence-electron chi connectivity index (χ1n) is 10.2. The average molecular weight is 395 g/mol. The molecule has 154 valence electrons. The smallest absolute Gasteiger partial charge is 0.253 e. The second-order valence-corrected chi connectivity index (χ2v) is 8.37. The SMILES string of the molecule is CCOc1ccc(C(=O)N2CCN(C(=O)c3ccc(C(C)(C)C)cc3)CC2)cc1. The molecule has 0 aromatic heterocycles. The molecule has 29 heavy (non-hydrogen) atoms. The van der Waals surface area contributed by atoms with E-state index in [0.29, 0.717) is 43.9 Å². The Bertz CT molecular complexity index is 843. The lowest BCUT2D eigenvalue weighted by Gasteiger charge is -2.35. The number of piperazine rings is 1. The summed E-state index contributed by atoms with van der Waals surface area (Å²) in [6.07, 6.45) is 0. The molecule has 0 bridgehead atoms. The molecule has 0 N–H and O–H groups in total. The fourth-order valence-corrected chi connectivity index (χ4v) is 3.45. The van der Waals surface area contributed by atoms with E-state index in [-0.39, 0.29) is 17.2 Å². The first-order valence-corrected chi connectivity index (χ1v) is 10.2. The first-order chi connectivity index (χ1) is 13.8. The molecule has 5 nitrogen and oxygen atoms in total. The average Bonchev–Trinajstić information content (AvgIpc) is 2.73. The lowest BCUT2D eigenvalue weighted by Crippen LogP contribution is -2.50. The number of carbonyl (C=O) groups is 2. The predicted octanol–water partition coefficient (Wildman–Crippen LogP) is 3.98. The van der Waals surface area contributed by atoms with Crippen molar-refractivity contribution in [1.29, 1.82) is 0 Å². The van der Waals surface area contributed by atoms with Gasteiger partial charge in [0.2, 0.25) is 0 Å². The highest BCUT2D eigenvalue weighted by Gasteiger charge is 2.26. The van der Waals surface area contributed by atoms with Gasteiger partial charge in [-0.3, -0.25) is 9.59 Å². The molecule has 0 aliphatic carbocycles. The van der Waals surface area contributed by atoms with Crippen LogP contribution in [0.5, 0.6) is 5.75 Å². The maximum absolute atomic E-state index is 12.8. The van der Waals surface area contributed by atoms with Crippen molar-refractivity contribution in [3.8, 4) is 5.75 Å². The summed E-state index contributed by atoms with van der Waals surface area (Å²) in [7, 11) is 0. The van der Waals surface area contributed by atoms with Gasteiger partial charge in [-0.1, -0.05) is 32.9 Å². The van der Waals surface area contributed by atoms with Crippen LogP contribution < -0.4 is 4.74 Å². The summed E-state index contributed by atoms with van der Waals surface area (Å²) >= 11 is 0. The Hall–Kier alpha value is -2.82. The van der Waals surface area contributed by atoms with E-state index in [1.807, 2.05) is 53.1 Å². The number of hydrogen-bond acceptors (Lipinski definition) is 3. The summed E-state index contributed by atoms with van der Waals surface area (Å²) in [5.74, 6) is 0.783. The summed E-state index contributed by atoms with van der Waals surface area (Å²) in [6, 6.07) is 15.1. The van der Waals surface area contributed by atoms with Gasteiger partial charge in [0.25, 0.3) is 11.8 Å². The van der Waals surface area contributed by atoms with Crippen molar-refractivity contribution in [3.63, 3.8) is 0 Å². The Kier molecular flexibility index (Phi) is 6.26. The molecule has 0 unspecified atom stereocenters. The minimum Gasteiger partial charge on any atom is -0.494 e. The van der Waals surface area contributed by atoms with Gasteiger partial charge < -0.3 is 14.5 Å². The second kappa shape index (κ2) is 8.68. The van der Waals surface area contributed by atoms with E-state index in [9.17, 15) is 9.59 Å². The van der Waals surface area contributed by atoms with Crippen molar-refractivity contribution < 1.29 is 14.3 Å². The van der Waals surface area contributed by atoms with Crippen LogP contribution in [0.3, 0.4) is 0 Å². The second-order valence-electron chi connectivity index (χ2n) is 8.37. The van der Waals surface area contributed by atoms with E-state index in [1.165, 1.54) is 5.56 Å². The van der Waals surface area contributed by atoms with E-state index in [2.05, 4.69) is 20.8 Å². The molecule has 0 spiro atoms. The summed E-state index contributed by atoms with van der Waals surface area (Å²) in [5.41, 5.74) is 2.61.